The van der Waals surface area contributed by atoms with Crippen molar-refractivity contribution in [3.63, 3.8) is 0 Å². The number of β-lactam (4-membered cyclic amide) rings is 1. The number of phenolic OH excluding ortho intramolecular Hbond substituents is 1. The molecule has 0 bridgehead atoms. The molecule has 0 aliphatic carbocycles. The lowest BCUT2D eigenvalue weighted by atomic mass is 9.77. The first-order valence-corrected chi connectivity index (χ1v) is 27.6. The van der Waals surface area contributed by atoms with Crippen LogP contribution in [0.2, 0.25) is 18.1 Å². The molecule has 0 saturated carbocycles. The minimum atomic E-state index is -4.53. The first-order valence-electron chi connectivity index (χ1n) is 23.1. The first-order chi connectivity index (χ1) is 33.0. The maximum absolute atomic E-state index is 14.0. The van der Waals surface area contributed by atoms with E-state index in [1.165, 1.54) is 24.3 Å². The highest BCUT2D eigenvalue weighted by atomic mass is 32.2. The van der Waals surface area contributed by atoms with Gasteiger partial charge in [0.1, 0.15) is 65.8 Å². The first kappa shape index (κ1) is 54.9. The Kier molecular flexibility index (Phi) is 18.0. The van der Waals surface area contributed by atoms with Crippen LogP contribution in [0.25, 0.3) is 11.1 Å². The number of anilines is 1. The van der Waals surface area contributed by atoms with Gasteiger partial charge in [-0.2, -0.15) is 8.42 Å². The highest BCUT2D eigenvalue weighted by Crippen LogP contribution is 2.50. The molecule has 0 spiro atoms. The molecule has 2 saturated heterocycles. The summed E-state index contributed by atoms with van der Waals surface area (Å²) in [5.41, 5.74) is 3.17. The molecule has 12 atom stereocenters. The topological polar surface area (TPSA) is 262 Å². The fraction of sp³-hybridized carbons (Fsp3) is 0.500. The number of halogens is 1. The number of nitrogens with zero attached hydrogens (tertiary/aromatic N) is 1. The van der Waals surface area contributed by atoms with Gasteiger partial charge < -0.3 is 68.6 Å². The van der Waals surface area contributed by atoms with Gasteiger partial charge in [0.05, 0.1) is 30.8 Å². The Balaban J connectivity index is 1.15. The van der Waals surface area contributed by atoms with Crippen molar-refractivity contribution in [2.24, 2.45) is 5.92 Å². The van der Waals surface area contributed by atoms with E-state index in [0.29, 0.717) is 35.2 Å². The van der Waals surface area contributed by atoms with E-state index in [1.807, 2.05) is 30.3 Å². The third-order valence-electron chi connectivity index (χ3n) is 13.6. The Morgan fingerprint density at radius 3 is 2.04 bits per heavy atom. The second-order valence-electron chi connectivity index (χ2n) is 19.3. The monoisotopic (exact) mass is 1020 g/mol. The number of hydrogen-bond donors (Lipinski definition) is 8. The lowest BCUT2D eigenvalue weighted by Crippen LogP contribution is -2.60. The quantitative estimate of drug-likeness (QED) is 0.0307. The number of benzene rings is 4. The van der Waals surface area contributed by atoms with Gasteiger partial charge in [0.15, 0.2) is 14.6 Å². The normalized spacial score (nSPS) is 24.3. The van der Waals surface area contributed by atoms with Crippen LogP contribution in [0, 0.1) is 11.7 Å². The number of aromatic hydroxyl groups is 1. The van der Waals surface area contributed by atoms with Gasteiger partial charge in [-0.05, 0) is 96.5 Å². The van der Waals surface area contributed by atoms with E-state index in [9.17, 15) is 58.5 Å². The lowest BCUT2D eigenvalue weighted by Gasteiger charge is -2.48. The maximum Gasteiger partial charge on any atom is 0.311 e. The SMILES string of the molecule is CO[C@@H](CS(=O)(=O)Oc1ccc(-c2ccc([C@@H]3[C@@H](CC[C@H](O[Si](C)(C)C(C)(C)C)c4ccc(F)cc4)C(=O)N3c3ccccc3)c(O)c2)cc1)[C@@H](O)C(O)[C@@H](CCO)O[C@@H]1OC(CO)[C@@H](O)C(O)[C@@H]1O. The number of rotatable bonds is 22. The number of phenols is 1. The predicted molar refractivity (Wildman–Crippen MR) is 258 cm³/mol. The summed E-state index contributed by atoms with van der Waals surface area (Å²) in [5.74, 6) is -2.13. The minimum absolute atomic E-state index is 0.0670. The van der Waals surface area contributed by atoms with Crippen LogP contribution < -0.4 is 9.08 Å². The van der Waals surface area contributed by atoms with Gasteiger partial charge in [0.2, 0.25) is 5.91 Å². The standard InChI is InChI=1S/C50H66FNO16SSi/c1-50(2,3)70(5,6)68-38(30-12-17-32(51)18-13-30)23-22-36-42(52(48(36)61)33-10-8-7-9-11-33)35-21-16-31(26-37(35)55)29-14-19-34(20-15-29)67-69(62,63)28-41(64-4)45(58)43(56)39(24-25-53)65-49-47(60)46(59)44(57)40(27-54)66-49/h7-21,26,36,38-47,49,53-60H,22-25,27-28H2,1-6H3/t36-,38+,39-,40?,41+,42-,43?,44-,45-,46?,47+,49-/m1/s1. The third kappa shape index (κ3) is 12.6. The molecule has 0 radical (unpaired) electrons. The zero-order valence-corrected chi connectivity index (χ0v) is 41.8. The molecule has 384 valence electrons. The molecule has 2 fully saturated rings. The van der Waals surface area contributed by atoms with E-state index in [1.54, 1.807) is 47.4 Å². The van der Waals surface area contributed by atoms with Crippen LogP contribution in [-0.4, -0.2) is 145 Å². The Morgan fingerprint density at radius 1 is 0.829 bits per heavy atom. The molecule has 2 aliphatic heterocycles. The molecule has 6 rings (SSSR count). The highest BCUT2D eigenvalue weighted by molar-refractivity contribution is 7.87. The molecular weight excluding hydrogens is 950 g/mol. The van der Waals surface area contributed by atoms with Crippen molar-refractivity contribution >= 4 is 30.0 Å². The molecule has 20 heteroatoms. The van der Waals surface area contributed by atoms with Crippen LogP contribution in [-0.2, 0) is 33.5 Å². The minimum Gasteiger partial charge on any atom is -0.508 e. The Labute approximate surface area is 408 Å². The van der Waals surface area contributed by atoms with Gasteiger partial charge in [0.25, 0.3) is 0 Å². The van der Waals surface area contributed by atoms with Gasteiger partial charge in [-0.1, -0.05) is 75.4 Å². The molecule has 3 unspecified atom stereocenters. The number of carbonyl (C=O) groups is 1. The van der Waals surface area contributed by atoms with Crippen molar-refractivity contribution in [1.82, 2.24) is 0 Å². The molecule has 4 aromatic carbocycles. The number of para-hydroxylation sites is 1. The van der Waals surface area contributed by atoms with Gasteiger partial charge in [-0.15, -0.1) is 0 Å². The largest absolute Gasteiger partial charge is 0.508 e. The smallest absolute Gasteiger partial charge is 0.311 e. The van der Waals surface area contributed by atoms with Gasteiger partial charge in [-0.25, -0.2) is 4.39 Å². The van der Waals surface area contributed by atoms with Crippen LogP contribution in [0.15, 0.2) is 97.1 Å². The number of hydrogen-bond acceptors (Lipinski definition) is 16. The highest BCUT2D eigenvalue weighted by Gasteiger charge is 2.50. The van der Waals surface area contributed by atoms with Crippen LogP contribution in [0.3, 0.4) is 0 Å². The summed E-state index contributed by atoms with van der Waals surface area (Å²) in [7, 11) is -5.76. The van der Waals surface area contributed by atoms with E-state index in [4.69, 9.17) is 22.8 Å². The van der Waals surface area contributed by atoms with Crippen LogP contribution in [0.4, 0.5) is 10.1 Å². The number of methoxy groups -OCH3 is 1. The van der Waals surface area contributed by atoms with Crippen molar-refractivity contribution in [2.45, 2.75) is 125 Å². The fourth-order valence-electron chi connectivity index (χ4n) is 8.50. The summed E-state index contributed by atoms with van der Waals surface area (Å²) < 4.78 is 68.9. The molecule has 1 amide bonds. The number of aliphatic hydroxyl groups is 7. The van der Waals surface area contributed by atoms with E-state index < -0.39 is 111 Å². The van der Waals surface area contributed by atoms with Crippen molar-refractivity contribution in [1.29, 1.82) is 0 Å². The van der Waals surface area contributed by atoms with Crippen molar-refractivity contribution in [2.75, 3.05) is 31.0 Å². The Morgan fingerprint density at radius 2 is 1.46 bits per heavy atom. The summed E-state index contributed by atoms with van der Waals surface area (Å²) in [4.78, 5) is 15.7. The van der Waals surface area contributed by atoms with Crippen LogP contribution in [0.1, 0.15) is 63.3 Å². The Bertz CT molecular complexity index is 2440. The van der Waals surface area contributed by atoms with Crippen molar-refractivity contribution < 1.29 is 81.3 Å². The summed E-state index contributed by atoms with van der Waals surface area (Å²) >= 11 is 0. The van der Waals surface area contributed by atoms with Gasteiger partial charge in [-0.3, -0.25) is 4.79 Å². The zero-order valence-electron chi connectivity index (χ0n) is 40.0. The van der Waals surface area contributed by atoms with Crippen LogP contribution >= 0.6 is 0 Å². The summed E-state index contributed by atoms with van der Waals surface area (Å²) in [6.07, 6.45) is -15.4. The van der Waals surface area contributed by atoms with E-state index >= 15 is 0 Å². The number of ether oxygens (including phenoxy) is 3. The molecular formula is C50H66FNO16SSi. The summed E-state index contributed by atoms with van der Waals surface area (Å²) in [6.45, 7) is 9.36. The molecule has 2 aliphatic rings. The number of aliphatic hydroxyl groups excluding tert-OH is 7. The summed E-state index contributed by atoms with van der Waals surface area (Å²) in [5, 5.41) is 83.5. The van der Waals surface area contributed by atoms with E-state index in [0.717, 1.165) is 12.7 Å². The second kappa shape index (κ2) is 23.0. The van der Waals surface area contributed by atoms with Crippen molar-refractivity contribution in [3.05, 3.63) is 114 Å². The lowest BCUT2D eigenvalue weighted by molar-refractivity contribution is -0.321. The zero-order chi connectivity index (χ0) is 51.3. The van der Waals surface area contributed by atoms with Crippen LogP contribution in [0.5, 0.6) is 11.5 Å². The average Bonchev–Trinajstić information content (AvgIpc) is 3.32. The Hall–Kier alpha value is -4.39. The van der Waals surface area contributed by atoms with E-state index in [-0.39, 0.29) is 34.7 Å². The second-order valence-corrected chi connectivity index (χ2v) is 25.7. The number of carbonyl (C=O) groups excluding carboxylic acids is 1. The number of amides is 1. The van der Waals surface area contributed by atoms with E-state index in [2.05, 4.69) is 33.9 Å². The molecule has 8 N–H and O–H groups in total. The fourth-order valence-corrected chi connectivity index (χ4v) is 11.0. The third-order valence-corrected chi connectivity index (χ3v) is 19.3. The maximum atomic E-state index is 14.0. The molecule has 4 aromatic rings. The predicted octanol–water partition coefficient (Wildman–Crippen LogP) is 4.46. The van der Waals surface area contributed by atoms with Gasteiger partial charge >= 0.3 is 10.1 Å². The van der Waals surface area contributed by atoms with Crippen molar-refractivity contribution in [3.8, 4) is 22.6 Å². The molecule has 17 nitrogen and oxygen atoms in total. The molecule has 2 heterocycles. The molecule has 0 aromatic heterocycles. The average molecular weight is 1020 g/mol. The van der Waals surface area contributed by atoms with Gasteiger partial charge in [0, 0.05) is 25.0 Å². The summed E-state index contributed by atoms with van der Waals surface area (Å²) in [6, 6.07) is 25.9. The molecule has 70 heavy (non-hydrogen) atoms.